The summed E-state index contributed by atoms with van der Waals surface area (Å²) in [5.41, 5.74) is 0.951. The molecule has 0 atom stereocenters. The molecule has 0 spiro atoms. The Morgan fingerprint density at radius 2 is 2.00 bits per heavy atom. The van der Waals surface area contributed by atoms with E-state index in [1.165, 1.54) is 15.3 Å². The second kappa shape index (κ2) is 4.43. The van der Waals surface area contributed by atoms with Gasteiger partial charge >= 0.3 is 92.4 Å². The summed E-state index contributed by atoms with van der Waals surface area (Å²) < 4.78 is 3.02. The van der Waals surface area contributed by atoms with Gasteiger partial charge in [0.15, 0.2) is 0 Å². The SMILES string of the molecule is CCC1CI(C(=O)c2ccccc2)C1. The molecule has 1 aromatic carbocycles. The van der Waals surface area contributed by atoms with Gasteiger partial charge in [-0.3, -0.25) is 0 Å². The third kappa shape index (κ3) is 2.00. The van der Waals surface area contributed by atoms with Gasteiger partial charge in [-0.1, -0.05) is 0 Å². The zero-order chi connectivity index (χ0) is 9.97. The van der Waals surface area contributed by atoms with Crippen LogP contribution in [0.25, 0.3) is 0 Å². The Hall–Kier alpha value is -0.380. The Labute approximate surface area is 92.3 Å². The van der Waals surface area contributed by atoms with Gasteiger partial charge < -0.3 is 0 Å². The molecular weight excluding hydrogens is 287 g/mol. The molecule has 14 heavy (non-hydrogen) atoms. The molecule has 1 saturated heterocycles. The van der Waals surface area contributed by atoms with Gasteiger partial charge in [0.2, 0.25) is 0 Å². The van der Waals surface area contributed by atoms with E-state index in [9.17, 15) is 4.79 Å². The zero-order valence-corrected chi connectivity index (χ0v) is 10.5. The average molecular weight is 302 g/mol. The molecule has 0 amide bonds. The van der Waals surface area contributed by atoms with Crippen molar-refractivity contribution in [1.29, 1.82) is 0 Å². The standard InChI is InChI=1S/C12H15IO/c1-2-10-8-13(9-10)12(14)11-6-4-3-5-7-11/h3-7,10H,2,8-9H2,1H3. The van der Waals surface area contributed by atoms with Gasteiger partial charge in [0, 0.05) is 0 Å². The first-order valence-electron chi connectivity index (χ1n) is 5.02. The van der Waals surface area contributed by atoms with E-state index in [2.05, 4.69) is 6.92 Å². The van der Waals surface area contributed by atoms with Crippen molar-refractivity contribution in [3.05, 3.63) is 35.9 Å². The fourth-order valence-corrected chi connectivity index (χ4v) is 7.60. The van der Waals surface area contributed by atoms with E-state index in [-0.39, 0.29) is 0 Å². The Morgan fingerprint density at radius 3 is 2.57 bits per heavy atom. The number of halogens is 1. The molecule has 0 N–H and O–H groups in total. The van der Waals surface area contributed by atoms with Gasteiger partial charge in [-0.05, 0) is 0 Å². The van der Waals surface area contributed by atoms with Gasteiger partial charge in [-0.2, -0.15) is 0 Å². The van der Waals surface area contributed by atoms with Gasteiger partial charge in [0.1, 0.15) is 0 Å². The van der Waals surface area contributed by atoms with Crippen molar-refractivity contribution in [2.24, 2.45) is 5.92 Å². The molecule has 0 saturated carbocycles. The molecular formula is C12H15IO. The first-order valence-corrected chi connectivity index (χ1v) is 9.15. The number of carbonyl (C=O) groups is 1. The van der Waals surface area contributed by atoms with E-state index >= 15 is 0 Å². The van der Waals surface area contributed by atoms with Crippen LogP contribution in [0.2, 0.25) is 0 Å². The summed E-state index contributed by atoms with van der Waals surface area (Å²) >= 11 is -1.21. The van der Waals surface area contributed by atoms with Crippen LogP contribution in [-0.4, -0.2) is 12.6 Å². The van der Waals surface area contributed by atoms with E-state index in [0.29, 0.717) is 3.79 Å². The summed E-state index contributed by atoms with van der Waals surface area (Å²) in [7, 11) is 0. The van der Waals surface area contributed by atoms with Crippen LogP contribution in [0.1, 0.15) is 23.7 Å². The molecule has 1 heterocycles. The summed E-state index contributed by atoms with van der Waals surface area (Å²) in [6.07, 6.45) is 1.26. The molecule has 1 nitrogen and oxygen atoms in total. The molecule has 2 heteroatoms. The van der Waals surface area contributed by atoms with Gasteiger partial charge in [-0.15, -0.1) is 0 Å². The van der Waals surface area contributed by atoms with Gasteiger partial charge in [-0.25, -0.2) is 0 Å². The minimum absolute atomic E-state index is 0.500. The van der Waals surface area contributed by atoms with Crippen LogP contribution in [0, 0.1) is 5.92 Å². The predicted molar refractivity (Wildman–Crippen MR) is 68.3 cm³/mol. The van der Waals surface area contributed by atoms with Crippen molar-refractivity contribution in [1.82, 2.24) is 0 Å². The molecule has 1 fully saturated rings. The molecule has 1 aliphatic rings. The van der Waals surface area contributed by atoms with E-state index in [1.54, 1.807) is 0 Å². The molecule has 0 unspecified atom stereocenters. The summed E-state index contributed by atoms with van der Waals surface area (Å²) in [5.74, 6) is 0.868. The van der Waals surface area contributed by atoms with Gasteiger partial charge in [0.05, 0.1) is 0 Å². The Bertz CT molecular complexity index is 314. The summed E-state index contributed by atoms with van der Waals surface area (Å²) in [5, 5.41) is 0. The third-order valence-corrected chi connectivity index (χ3v) is 9.26. The van der Waals surface area contributed by atoms with Crippen molar-refractivity contribution >= 4 is 23.6 Å². The van der Waals surface area contributed by atoms with E-state index < -0.39 is 19.8 Å². The Balaban J connectivity index is 1.98. The quantitative estimate of drug-likeness (QED) is 0.475. The normalized spacial score (nSPS) is 19.1. The molecule has 1 aliphatic heterocycles. The Morgan fingerprint density at radius 1 is 1.36 bits per heavy atom. The fourth-order valence-electron chi connectivity index (χ4n) is 1.56. The molecule has 0 bridgehead atoms. The maximum absolute atomic E-state index is 12.0. The molecule has 1 aromatic rings. The van der Waals surface area contributed by atoms with Crippen LogP contribution < -0.4 is 0 Å². The number of hydrogen-bond donors (Lipinski definition) is 0. The summed E-state index contributed by atoms with van der Waals surface area (Å²) in [6, 6.07) is 9.80. The first kappa shape index (κ1) is 10.1. The number of hydrogen-bond acceptors (Lipinski definition) is 1. The number of rotatable bonds is 3. The van der Waals surface area contributed by atoms with Crippen molar-refractivity contribution in [2.45, 2.75) is 13.3 Å². The van der Waals surface area contributed by atoms with Crippen LogP contribution in [-0.2, 0) is 0 Å². The van der Waals surface area contributed by atoms with E-state index in [1.807, 2.05) is 30.3 Å². The van der Waals surface area contributed by atoms with Crippen molar-refractivity contribution in [2.75, 3.05) is 8.86 Å². The number of benzene rings is 1. The molecule has 76 valence electrons. The van der Waals surface area contributed by atoms with Crippen LogP contribution in [0.15, 0.2) is 30.3 Å². The third-order valence-electron chi connectivity index (χ3n) is 2.63. The van der Waals surface area contributed by atoms with E-state index in [4.69, 9.17) is 0 Å². The number of alkyl halides is 2. The monoisotopic (exact) mass is 302 g/mol. The molecule has 2 rings (SSSR count). The van der Waals surface area contributed by atoms with Crippen LogP contribution in [0.5, 0.6) is 0 Å². The van der Waals surface area contributed by atoms with Gasteiger partial charge in [0.25, 0.3) is 0 Å². The summed E-state index contributed by atoms with van der Waals surface area (Å²) in [4.78, 5) is 12.0. The fraction of sp³-hybridized carbons (Fsp3) is 0.417. The topological polar surface area (TPSA) is 17.1 Å². The predicted octanol–water partition coefficient (Wildman–Crippen LogP) is 3.37. The zero-order valence-electron chi connectivity index (χ0n) is 8.37. The molecule has 0 aliphatic carbocycles. The van der Waals surface area contributed by atoms with Crippen molar-refractivity contribution in [3.8, 4) is 0 Å². The average Bonchev–Trinajstić information content (AvgIpc) is 2.17. The number of carbonyl (C=O) groups excluding carboxylic acids is 1. The Kier molecular flexibility index (Phi) is 3.21. The van der Waals surface area contributed by atoms with Crippen molar-refractivity contribution < 1.29 is 4.79 Å². The van der Waals surface area contributed by atoms with Crippen molar-refractivity contribution in [3.63, 3.8) is 0 Å². The minimum atomic E-state index is -1.21. The maximum atomic E-state index is 12.0. The van der Waals surface area contributed by atoms with Crippen LogP contribution in [0.4, 0.5) is 0 Å². The first-order chi connectivity index (χ1) is 6.81. The van der Waals surface area contributed by atoms with E-state index in [0.717, 1.165) is 11.5 Å². The second-order valence-electron chi connectivity index (χ2n) is 3.68. The van der Waals surface area contributed by atoms with Crippen LogP contribution >= 0.6 is 19.8 Å². The summed E-state index contributed by atoms with van der Waals surface area (Å²) in [6.45, 7) is 2.23. The van der Waals surface area contributed by atoms with Crippen LogP contribution in [0.3, 0.4) is 0 Å². The molecule has 0 radical (unpaired) electrons. The molecule has 0 aromatic heterocycles. The second-order valence-corrected chi connectivity index (χ2v) is 9.02.